The molecule has 2 aliphatic heterocycles. The minimum Gasteiger partial charge on any atom is -0.508 e. The van der Waals surface area contributed by atoms with Crippen molar-refractivity contribution in [3.8, 4) is 11.8 Å². The lowest BCUT2D eigenvalue weighted by atomic mass is 10.0. The number of hydrogen-bond acceptors (Lipinski definition) is 8. The molecule has 224 valence electrons. The van der Waals surface area contributed by atoms with Gasteiger partial charge in [-0.25, -0.2) is 0 Å². The number of amides is 1. The number of nitrogens with zero attached hydrogens (tertiary/aromatic N) is 5. The lowest BCUT2D eigenvalue weighted by Crippen LogP contribution is -2.37. The van der Waals surface area contributed by atoms with Crippen LogP contribution in [-0.2, 0) is 13.1 Å². The average Bonchev–Trinajstić information content (AvgIpc) is 3.64. The fourth-order valence-corrected chi connectivity index (χ4v) is 7.49. The molecule has 42 heavy (non-hydrogen) atoms. The van der Waals surface area contributed by atoms with E-state index in [-0.39, 0.29) is 29.7 Å². The number of aromatic nitrogens is 2. The topological polar surface area (TPSA) is 102 Å². The molecule has 2 aromatic carbocycles. The highest BCUT2D eigenvalue weighted by atomic mass is 127. The Hall–Kier alpha value is -2.70. The van der Waals surface area contributed by atoms with E-state index in [1.54, 1.807) is 17.0 Å². The number of aromatic hydroxyl groups is 1. The molecule has 1 atom stereocenters. The van der Waals surface area contributed by atoms with Crippen molar-refractivity contribution in [1.29, 1.82) is 0 Å². The molecule has 3 heterocycles. The van der Waals surface area contributed by atoms with Crippen molar-refractivity contribution in [3.05, 3.63) is 50.7 Å². The van der Waals surface area contributed by atoms with Crippen LogP contribution in [0.4, 0.5) is 5.82 Å². The first-order valence-corrected chi connectivity index (χ1v) is 16.1. The highest BCUT2D eigenvalue weighted by molar-refractivity contribution is 14.1. The molecule has 0 spiro atoms. The summed E-state index contributed by atoms with van der Waals surface area (Å²) in [6, 6.07) is 9.64. The average molecular weight is 686 g/mol. The fourth-order valence-electron chi connectivity index (χ4n) is 6.69. The van der Waals surface area contributed by atoms with Gasteiger partial charge in [0.2, 0.25) is 0 Å². The van der Waals surface area contributed by atoms with Gasteiger partial charge in [0.15, 0.2) is 0 Å². The Kier molecular flexibility index (Phi) is 8.48. The van der Waals surface area contributed by atoms with Crippen molar-refractivity contribution >= 4 is 45.1 Å². The minimum absolute atomic E-state index is 0.0730. The fraction of sp³-hybridized carbons (Fsp3) is 0.531. The van der Waals surface area contributed by atoms with E-state index in [4.69, 9.17) is 14.7 Å². The summed E-state index contributed by atoms with van der Waals surface area (Å²) in [5, 5.41) is 22.0. The van der Waals surface area contributed by atoms with E-state index >= 15 is 0 Å². The van der Waals surface area contributed by atoms with Crippen LogP contribution in [0.25, 0.3) is 10.8 Å². The summed E-state index contributed by atoms with van der Waals surface area (Å²) >= 11 is 2.25. The van der Waals surface area contributed by atoms with E-state index in [2.05, 4.69) is 46.5 Å². The van der Waals surface area contributed by atoms with Crippen LogP contribution >= 0.6 is 22.6 Å². The number of rotatable bonds is 9. The molecule has 1 amide bonds. The van der Waals surface area contributed by atoms with Gasteiger partial charge in [-0.3, -0.25) is 4.79 Å². The predicted octanol–water partition coefficient (Wildman–Crippen LogP) is 4.95. The zero-order chi connectivity index (χ0) is 29.4. The highest BCUT2D eigenvalue weighted by Crippen LogP contribution is 2.46. The van der Waals surface area contributed by atoms with Crippen molar-refractivity contribution < 1.29 is 19.7 Å². The van der Waals surface area contributed by atoms with Gasteiger partial charge >= 0.3 is 6.01 Å². The Morgan fingerprint density at radius 2 is 2.00 bits per heavy atom. The molecule has 6 rings (SSSR count). The quantitative estimate of drug-likeness (QED) is 0.306. The van der Waals surface area contributed by atoms with Gasteiger partial charge in [-0.05, 0) is 92.4 Å². The molecule has 9 nitrogen and oxygen atoms in total. The van der Waals surface area contributed by atoms with E-state index in [0.29, 0.717) is 37.7 Å². The summed E-state index contributed by atoms with van der Waals surface area (Å²) in [5.74, 6) is 0.763. The zero-order valence-corrected chi connectivity index (χ0v) is 26.6. The number of carbonyl (C=O) groups excluding carboxylic acids is 1. The van der Waals surface area contributed by atoms with Gasteiger partial charge in [-0.1, -0.05) is 25.0 Å². The monoisotopic (exact) mass is 685 g/mol. The Balaban J connectivity index is 1.35. The van der Waals surface area contributed by atoms with Gasteiger partial charge in [-0.15, -0.1) is 0 Å². The Morgan fingerprint density at radius 3 is 2.76 bits per heavy atom. The van der Waals surface area contributed by atoms with Gasteiger partial charge in [-0.2, -0.15) is 9.97 Å². The molecule has 0 radical (unpaired) electrons. The van der Waals surface area contributed by atoms with Crippen LogP contribution in [-0.4, -0.2) is 82.3 Å². The van der Waals surface area contributed by atoms with Crippen LogP contribution in [0.15, 0.2) is 30.3 Å². The molecule has 2 fully saturated rings. The molecular weight excluding hydrogens is 645 g/mol. The zero-order valence-electron chi connectivity index (χ0n) is 24.5. The second kappa shape index (κ2) is 12.1. The van der Waals surface area contributed by atoms with Gasteiger partial charge in [0, 0.05) is 45.7 Å². The first-order chi connectivity index (χ1) is 20.3. The summed E-state index contributed by atoms with van der Waals surface area (Å²) in [6.07, 6.45) is 7.27. The lowest BCUT2D eigenvalue weighted by molar-refractivity contribution is 0.0752. The minimum atomic E-state index is -0.142. The smallest absolute Gasteiger partial charge is 0.318 e. The number of fused-ring (bicyclic) bond motifs is 2. The molecule has 10 heteroatoms. The van der Waals surface area contributed by atoms with Crippen LogP contribution in [0.2, 0.25) is 0 Å². The summed E-state index contributed by atoms with van der Waals surface area (Å²) < 4.78 is 7.29. The third-order valence-corrected chi connectivity index (χ3v) is 9.80. The van der Waals surface area contributed by atoms with Crippen molar-refractivity contribution in [1.82, 2.24) is 19.8 Å². The van der Waals surface area contributed by atoms with Gasteiger partial charge in [0.25, 0.3) is 5.91 Å². The van der Waals surface area contributed by atoms with Crippen molar-refractivity contribution in [2.24, 2.45) is 5.41 Å². The SMILES string of the molecule is CN(C)CC1(COc2nc3c(c(N4CCCCCC4CCO)n2)CN(C(=O)c2cc(O)cc4cccc(I)c24)C3)CC1. The number of hydrogen-bond donors (Lipinski definition) is 2. The predicted molar refractivity (Wildman–Crippen MR) is 171 cm³/mol. The Morgan fingerprint density at radius 1 is 1.17 bits per heavy atom. The van der Waals surface area contributed by atoms with E-state index in [1.165, 1.54) is 0 Å². The van der Waals surface area contributed by atoms with Gasteiger partial charge in [0.05, 0.1) is 31.0 Å². The second-order valence-electron chi connectivity index (χ2n) is 12.5. The number of phenols is 1. The lowest BCUT2D eigenvalue weighted by Gasteiger charge is -2.32. The highest BCUT2D eigenvalue weighted by Gasteiger charge is 2.44. The number of phenolic OH excluding ortho intramolecular Hbond substituents is 1. The van der Waals surface area contributed by atoms with Crippen LogP contribution in [0.5, 0.6) is 11.8 Å². The van der Waals surface area contributed by atoms with E-state index < -0.39 is 0 Å². The number of benzene rings is 2. The second-order valence-corrected chi connectivity index (χ2v) is 13.6. The normalized spacial score (nSPS) is 19.7. The molecule has 0 bridgehead atoms. The summed E-state index contributed by atoms with van der Waals surface area (Å²) in [4.78, 5) is 30.3. The van der Waals surface area contributed by atoms with Gasteiger partial charge in [0.1, 0.15) is 11.6 Å². The largest absolute Gasteiger partial charge is 0.508 e. The number of aliphatic hydroxyl groups is 1. The standard InChI is InChI=1S/C32H40IN5O4/c1-36(2)19-32(11-12-32)20-42-31-34-27-18-37(30(41)24-16-23(40)15-21-7-6-9-26(33)28(21)24)17-25(27)29(35-31)38-13-5-3-4-8-22(38)10-14-39/h6-7,9,15-16,22,39-40H,3-5,8,10-14,17-20H2,1-2H3. The van der Waals surface area contributed by atoms with E-state index in [0.717, 1.165) is 83.0 Å². The van der Waals surface area contributed by atoms with Crippen LogP contribution in [0.3, 0.4) is 0 Å². The molecule has 1 aliphatic carbocycles. The molecular formula is C32H40IN5O4. The molecule has 1 saturated heterocycles. The first-order valence-electron chi connectivity index (χ1n) is 15.0. The number of halogens is 1. The number of carbonyl (C=O) groups is 1. The molecule has 3 aromatic rings. The van der Waals surface area contributed by atoms with Crippen LogP contribution < -0.4 is 9.64 Å². The maximum absolute atomic E-state index is 14.1. The van der Waals surface area contributed by atoms with E-state index in [9.17, 15) is 15.0 Å². The Labute approximate surface area is 261 Å². The Bertz CT molecular complexity index is 1480. The molecule has 1 saturated carbocycles. The maximum Gasteiger partial charge on any atom is 0.318 e. The van der Waals surface area contributed by atoms with E-state index in [1.807, 2.05) is 18.2 Å². The number of aliphatic hydroxyl groups excluding tert-OH is 1. The maximum atomic E-state index is 14.1. The number of anilines is 1. The van der Waals surface area contributed by atoms with Crippen molar-refractivity contribution in [3.63, 3.8) is 0 Å². The molecule has 3 aliphatic rings. The third-order valence-electron chi connectivity index (χ3n) is 8.90. The van der Waals surface area contributed by atoms with Crippen LogP contribution in [0.1, 0.15) is 66.6 Å². The van der Waals surface area contributed by atoms with Crippen LogP contribution in [0, 0.1) is 8.99 Å². The summed E-state index contributed by atoms with van der Waals surface area (Å²) in [6.45, 7) is 3.24. The molecule has 2 N–H and O–H groups in total. The van der Waals surface area contributed by atoms with Crippen molar-refractivity contribution in [2.45, 2.75) is 64.1 Å². The first kappa shape index (κ1) is 29.4. The molecule has 1 unspecified atom stereocenters. The summed E-state index contributed by atoms with van der Waals surface area (Å²) in [5.41, 5.74) is 2.39. The van der Waals surface area contributed by atoms with Gasteiger partial charge < -0.3 is 29.6 Å². The van der Waals surface area contributed by atoms with Crippen molar-refractivity contribution in [2.75, 3.05) is 45.3 Å². The third kappa shape index (κ3) is 6.03. The molecule has 1 aromatic heterocycles. The number of ether oxygens (including phenoxy) is 1. The summed E-state index contributed by atoms with van der Waals surface area (Å²) in [7, 11) is 4.18.